The number of hydrogen-bond acceptors (Lipinski definition) is 10. The fourth-order valence-corrected chi connectivity index (χ4v) is 1.81. The maximum atomic E-state index is 12.0. The lowest BCUT2D eigenvalue weighted by Crippen LogP contribution is -2.26. The van der Waals surface area contributed by atoms with Crippen LogP contribution in [-0.4, -0.2) is 65.7 Å². The highest BCUT2D eigenvalue weighted by atomic mass is 16.5. The molecule has 2 heterocycles. The van der Waals surface area contributed by atoms with E-state index in [2.05, 4.69) is 30.3 Å². The molecule has 0 unspecified atom stereocenters. The topological polar surface area (TPSA) is 158 Å². The molecule has 0 aliphatic carbocycles. The molecule has 14 heteroatoms. The first-order chi connectivity index (χ1) is 13.0. The van der Waals surface area contributed by atoms with Gasteiger partial charge in [-0.25, -0.2) is 19.2 Å². The van der Waals surface area contributed by atoms with Crippen LogP contribution in [0.25, 0.3) is 12.4 Å². The lowest BCUT2D eigenvalue weighted by Gasteiger charge is -1.98. The molecule has 0 atom stereocenters. The molecule has 27 heavy (non-hydrogen) atoms. The van der Waals surface area contributed by atoms with Gasteiger partial charge in [0.15, 0.2) is 0 Å². The monoisotopic (exact) mass is 380 g/mol. The first-order valence-electron chi connectivity index (χ1n) is 7.53. The van der Waals surface area contributed by atoms with Crippen molar-refractivity contribution in [2.45, 2.75) is 19.5 Å². The van der Waals surface area contributed by atoms with Crippen LogP contribution in [-0.2, 0) is 32.2 Å². The van der Waals surface area contributed by atoms with E-state index in [1.807, 2.05) is 0 Å². The number of carbonyl (C=O) groups excluding carboxylic acids is 2. The molecule has 2 aromatic rings. The molecule has 0 saturated carbocycles. The van der Waals surface area contributed by atoms with Crippen LogP contribution in [0, 0.1) is 0 Å². The molecule has 0 saturated heterocycles. The van der Waals surface area contributed by atoms with Crippen molar-refractivity contribution in [1.82, 2.24) is 39.6 Å². The average Bonchev–Trinajstić information content (AvgIpc) is 3.20. The zero-order valence-corrected chi connectivity index (χ0v) is 14.5. The summed E-state index contributed by atoms with van der Waals surface area (Å²) in [4.78, 5) is 46.0. The SMILES string of the molecule is COC(=O)/C=C\n1nnn(CCCn2nnn(/C=C\C(=O)OC)c2=O)c1=O. The van der Waals surface area contributed by atoms with Crippen LogP contribution < -0.4 is 11.4 Å². The van der Waals surface area contributed by atoms with Gasteiger partial charge >= 0.3 is 23.3 Å². The molecular formula is C13H16N8O6. The second-order valence-electron chi connectivity index (χ2n) is 4.89. The van der Waals surface area contributed by atoms with Gasteiger partial charge in [-0.15, -0.1) is 0 Å². The van der Waals surface area contributed by atoms with Gasteiger partial charge in [0.25, 0.3) is 0 Å². The largest absolute Gasteiger partial charge is 0.466 e. The van der Waals surface area contributed by atoms with Gasteiger partial charge in [-0.3, -0.25) is 0 Å². The van der Waals surface area contributed by atoms with Crippen LogP contribution in [0.2, 0.25) is 0 Å². The number of rotatable bonds is 8. The maximum absolute atomic E-state index is 12.0. The Kier molecular flexibility index (Phi) is 6.51. The smallest absolute Gasteiger partial charge is 0.367 e. The van der Waals surface area contributed by atoms with Crippen LogP contribution in [0.1, 0.15) is 6.42 Å². The van der Waals surface area contributed by atoms with Crippen molar-refractivity contribution in [1.29, 1.82) is 0 Å². The van der Waals surface area contributed by atoms with Crippen molar-refractivity contribution in [3.05, 3.63) is 33.1 Å². The third kappa shape index (κ3) is 5.07. The molecule has 144 valence electrons. The van der Waals surface area contributed by atoms with E-state index in [9.17, 15) is 19.2 Å². The molecule has 0 amide bonds. The molecule has 0 N–H and O–H groups in total. The van der Waals surface area contributed by atoms with Crippen molar-refractivity contribution in [3.63, 3.8) is 0 Å². The van der Waals surface area contributed by atoms with Crippen molar-refractivity contribution in [2.24, 2.45) is 0 Å². The van der Waals surface area contributed by atoms with Gasteiger partial charge in [0.2, 0.25) is 0 Å². The van der Waals surface area contributed by atoms with Gasteiger partial charge in [0.1, 0.15) is 0 Å². The molecule has 0 aromatic carbocycles. The summed E-state index contributed by atoms with van der Waals surface area (Å²) < 4.78 is 12.7. The number of nitrogens with zero attached hydrogens (tertiary/aromatic N) is 8. The zero-order valence-electron chi connectivity index (χ0n) is 14.5. The highest BCUT2D eigenvalue weighted by molar-refractivity contribution is 5.85. The van der Waals surface area contributed by atoms with Gasteiger partial charge < -0.3 is 9.47 Å². The number of aromatic nitrogens is 8. The summed E-state index contributed by atoms with van der Waals surface area (Å²) >= 11 is 0. The molecular weight excluding hydrogens is 364 g/mol. The zero-order chi connectivity index (χ0) is 19.8. The van der Waals surface area contributed by atoms with Gasteiger partial charge in [0, 0.05) is 24.6 Å². The number of ether oxygens (including phenoxy) is 2. The third-order valence-corrected chi connectivity index (χ3v) is 3.17. The Morgan fingerprint density at radius 2 is 1.22 bits per heavy atom. The molecule has 0 aliphatic heterocycles. The summed E-state index contributed by atoms with van der Waals surface area (Å²) in [6, 6.07) is 0. The Bertz CT molecular complexity index is 899. The van der Waals surface area contributed by atoms with Crippen molar-refractivity contribution < 1.29 is 19.1 Å². The van der Waals surface area contributed by atoms with Gasteiger partial charge in [-0.1, -0.05) is 0 Å². The molecule has 0 fully saturated rings. The Balaban J connectivity index is 1.96. The number of methoxy groups -OCH3 is 2. The second kappa shape index (κ2) is 9.02. The summed E-state index contributed by atoms with van der Waals surface area (Å²) in [6.45, 7) is 0.310. The van der Waals surface area contributed by atoms with Gasteiger partial charge in [0.05, 0.1) is 27.3 Å². The third-order valence-electron chi connectivity index (χ3n) is 3.17. The van der Waals surface area contributed by atoms with E-state index in [0.717, 1.165) is 43.3 Å². The lowest BCUT2D eigenvalue weighted by atomic mass is 10.4. The number of tetrazole rings is 2. The Labute approximate surface area is 150 Å². The highest BCUT2D eigenvalue weighted by Crippen LogP contribution is 1.89. The van der Waals surface area contributed by atoms with Gasteiger partial charge in [-0.2, -0.15) is 18.7 Å². The van der Waals surface area contributed by atoms with Crippen molar-refractivity contribution >= 4 is 24.3 Å². The molecule has 0 aliphatic rings. The predicted molar refractivity (Wildman–Crippen MR) is 87.9 cm³/mol. The number of hydrogen-bond donors (Lipinski definition) is 0. The summed E-state index contributed by atoms with van der Waals surface area (Å²) in [5, 5.41) is 14.5. The fraction of sp³-hybridized carbons (Fsp3) is 0.385. The predicted octanol–water partition coefficient (Wildman–Crippen LogP) is -2.43. The normalized spacial score (nSPS) is 11.3. The van der Waals surface area contributed by atoms with E-state index in [0.29, 0.717) is 6.42 Å². The second-order valence-corrected chi connectivity index (χ2v) is 4.89. The van der Waals surface area contributed by atoms with E-state index in [1.54, 1.807) is 0 Å². The molecule has 0 bridgehead atoms. The number of aryl methyl sites for hydroxylation is 2. The van der Waals surface area contributed by atoms with E-state index < -0.39 is 23.3 Å². The Morgan fingerprint density at radius 1 is 0.815 bits per heavy atom. The van der Waals surface area contributed by atoms with Crippen LogP contribution in [0.5, 0.6) is 0 Å². The van der Waals surface area contributed by atoms with Crippen molar-refractivity contribution in [3.8, 4) is 0 Å². The summed E-state index contributed by atoms with van der Waals surface area (Å²) in [5.41, 5.74) is -1.13. The number of carbonyl (C=O) groups is 2. The van der Waals surface area contributed by atoms with Crippen LogP contribution in [0.15, 0.2) is 21.7 Å². The van der Waals surface area contributed by atoms with Crippen LogP contribution in [0.4, 0.5) is 0 Å². The van der Waals surface area contributed by atoms with E-state index >= 15 is 0 Å². The minimum absolute atomic E-state index is 0.155. The Morgan fingerprint density at radius 3 is 1.59 bits per heavy atom. The molecule has 2 rings (SSSR count). The average molecular weight is 380 g/mol. The van der Waals surface area contributed by atoms with E-state index in [-0.39, 0.29) is 13.1 Å². The quantitative estimate of drug-likeness (QED) is 0.356. The Hall–Kier alpha value is -3.84. The van der Waals surface area contributed by atoms with Crippen LogP contribution >= 0.6 is 0 Å². The van der Waals surface area contributed by atoms with Crippen molar-refractivity contribution in [2.75, 3.05) is 14.2 Å². The first-order valence-corrected chi connectivity index (χ1v) is 7.53. The van der Waals surface area contributed by atoms with Gasteiger partial charge in [-0.05, 0) is 27.3 Å². The van der Waals surface area contributed by atoms with Crippen LogP contribution in [0.3, 0.4) is 0 Å². The molecule has 14 nitrogen and oxygen atoms in total. The highest BCUT2D eigenvalue weighted by Gasteiger charge is 2.08. The molecule has 0 radical (unpaired) electrons. The van der Waals surface area contributed by atoms with E-state index in [4.69, 9.17) is 0 Å². The number of esters is 2. The summed E-state index contributed by atoms with van der Waals surface area (Å²) in [6.07, 6.45) is 4.64. The molecule has 0 spiro atoms. The summed E-state index contributed by atoms with van der Waals surface area (Å²) in [7, 11) is 2.41. The lowest BCUT2D eigenvalue weighted by molar-refractivity contribution is -0.135. The fourth-order valence-electron chi connectivity index (χ4n) is 1.81. The first kappa shape index (κ1) is 19.5. The molecule has 2 aromatic heterocycles. The van der Waals surface area contributed by atoms with E-state index in [1.165, 1.54) is 14.2 Å². The minimum Gasteiger partial charge on any atom is -0.466 e. The minimum atomic E-state index is -0.639. The standard InChI is InChI=1S/C13H16N8O6/c1-26-10(22)4-8-20-12(24)18(14-16-20)6-3-7-19-13(25)21(17-15-19)9-5-11(23)27-2/h4-5,8-9H,3,6-7H2,1-2H3/b8-4-,9-5-. The summed E-state index contributed by atoms with van der Waals surface area (Å²) in [5.74, 6) is -1.28. The maximum Gasteiger partial charge on any atom is 0.367 e.